The molecule has 94 valence electrons. The summed E-state index contributed by atoms with van der Waals surface area (Å²) in [5, 5.41) is 9.78. The van der Waals surface area contributed by atoms with Gasteiger partial charge in [-0.25, -0.2) is 0 Å². The van der Waals surface area contributed by atoms with Crippen LogP contribution in [0, 0.1) is 0 Å². The molecule has 1 saturated carbocycles. The van der Waals surface area contributed by atoms with Gasteiger partial charge in [-0.2, -0.15) is 0 Å². The van der Waals surface area contributed by atoms with Crippen LogP contribution in [0.5, 0.6) is 5.75 Å². The second-order valence-electron chi connectivity index (χ2n) is 4.65. The van der Waals surface area contributed by atoms with Crippen LogP contribution in [0.4, 0.5) is 0 Å². The molecule has 0 bridgehead atoms. The Labute approximate surface area is 113 Å². The SMILES string of the molecule is Cl.N[C@H]1C[C@@H]1c1ccc(-c2ccccc2O)cc1. The van der Waals surface area contributed by atoms with Crippen LogP contribution in [0.3, 0.4) is 0 Å². The van der Waals surface area contributed by atoms with Gasteiger partial charge in [0.1, 0.15) is 5.75 Å². The average molecular weight is 262 g/mol. The molecular formula is C15H16ClNO. The largest absolute Gasteiger partial charge is 0.507 e. The highest BCUT2D eigenvalue weighted by molar-refractivity contribution is 5.85. The molecule has 2 atom stereocenters. The zero-order chi connectivity index (χ0) is 11.8. The van der Waals surface area contributed by atoms with E-state index in [4.69, 9.17) is 5.73 Å². The summed E-state index contributed by atoms with van der Waals surface area (Å²) in [6, 6.07) is 16.1. The number of nitrogens with two attached hydrogens (primary N) is 1. The van der Waals surface area contributed by atoms with Crippen molar-refractivity contribution in [3.8, 4) is 16.9 Å². The van der Waals surface area contributed by atoms with E-state index in [2.05, 4.69) is 24.3 Å². The van der Waals surface area contributed by atoms with Crippen molar-refractivity contribution in [1.29, 1.82) is 0 Å². The first-order chi connectivity index (χ1) is 8.25. The summed E-state index contributed by atoms with van der Waals surface area (Å²) >= 11 is 0. The highest BCUT2D eigenvalue weighted by Crippen LogP contribution is 2.39. The molecule has 0 aromatic heterocycles. The fourth-order valence-electron chi connectivity index (χ4n) is 2.23. The van der Waals surface area contributed by atoms with Gasteiger partial charge in [0.15, 0.2) is 0 Å². The molecular weight excluding hydrogens is 246 g/mol. The Morgan fingerprint density at radius 1 is 1.00 bits per heavy atom. The molecule has 2 nitrogen and oxygen atoms in total. The molecule has 2 aromatic carbocycles. The van der Waals surface area contributed by atoms with Crippen molar-refractivity contribution < 1.29 is 5.11 Å². The first-order valence-corrected chi connectivity index (χ1v) is 5.89. The van der Waals surface area contributed by atoms with Gasteiger partial charge >= 0.3 is 0 Å². The fraction of sp³-hybridized carbons (Fsp3) is 0.200. The van der Waals surface area contributed by atoms with Crippen molar-refractivity contribution in [3.05, 3.63) is 54.1 Å². The predicted molar refractivity (Wildman–Crippen MR) is 76.1 cm³/mol. The van der Waals surface area contributed by atoms with Crippen LogP contribution < -0.4 is 5.73 Å². The summed E-state index contributed by atoms with van der Waals surface area (Å²) in [6.07, 6.45) is 1.09. The predicted octanol–water partition coefficient (Wildman–Crippen LogP) is 3.30. The lowest BCUT2D eigenvalue weighted by molar-refractivity contribution is 0.477. The Hall–Kier alpha value is -1.51. The number of benzene rings is 2. The van der Waals surface area contributed by atoms with Crippen molar-refractivity contribution >= 4 is 12.4 Å². The standard InChI is InChI=1S/C15H15NO.ClH/c16-14-9-13(14)11-7-5-10(6-8-11)12-3-1-2-4-15(12)17;/h1-8,13-14,17H,9,16H2;1H/t13-,14+;/m1./s1. The first kappa shape index (κ1) is 12.9. The van der Waals surface area contributed by atoms with Gasteiger partial charge in [-0.15, -0.1) is 12.4 Å². The third-order valence-corrected chi connectivity index (χ3v) is 3.39. The summed E-state index contributed by atoms with van der Waals surface area (Å²) in [5.74, 6) is 0.858. The molecule has 0 spiro atoms. The minimum Gasteiger partial charge on any atom is -0.507 e. The lowest BCUT2D eigenvalue weighted by atomic mass is 10.0. The molecule has 18 heavy (non-hydrogen) atoms. The van der Waals surface area contributed by atoms with E-state index in [1.54, 1.807) is 6.07 Å². The summed E-state index contributed by atoms with van der Waals surface area (Å²) < 4.78 is 0. The number of phenols is 1. The molecule has 2 aromatic rings. The quantitative estimate of drug-likeness (QED) is 0.871. The fourth-order valence-corrected chi connectivity index (χ4v) is 2.23. The van der Waals surface area contributed by atoms with Crippen LogP contribution in [0.1, 0.15) is 17.9 Å². The van der Waals surface area contributed by atoms with E-state index in [-0.39, 0.29) is 12.4 Å². The van der Waals surface area contributed by atoms with Gasteiger partial charge in [-0.3, -0.25) is 0 Å². The zero-order valence-electron chi connectivity index (χ0n) is 9.91. The van der Waals surface area contributed by atoms with E-state index >= 15 is 0 Å². The van der Waals surface area contributed by atoms with Crippen LogP contribution in [0.2, 0.25) is 0 Å². The molecule has 0 unspecified atom stereocenters. The highest BCUT2D eigenvalue weighted by atomic mass is 35.5. The summed E-state index contributed by atoms with van der Waals surface area (Å²) in [5.41, 5.74) is 9.05. The smallest absolute Gasteiger partial charge is 0.123 e. The van der Waals surface area contributed by atoms with E-state index in [1.165, 1.54) is 5.56 Å². The molecule has 3 heteroatoms. The number of para-hydroxylation sites is 1. The number of halogens is 1. The second-order valence-corrected chi connectivity index (χ2v) is 4.65. The second kappa shape index (κ2) is 5.01. The van der Waals surface area contributed by atoms with Gasteiger partial charge in [-0.05, 0) is 23.6 Å². The Kier molecular flexibility index (Phi) is 3.60. The minimum atomic E-state index is 0. The molecule has 3 N–H and O–H groups in total. The number of phenolic OH excluding ortho intramolecular Hbond substituents is 1. The molecule has 1 fully saturated rings. The third kappa shape index (κ3) is 2.35. The number of hydrogen-bond donors (Lipinski definition) is 2. The molecule has 0 amide bonds. The first-order valence-electron chi connectivity index (χ1n) is 5.89. The van der Waals surface area contributed by atoms with Gasteiger partial charge in [0.25, 0.3) is 0 Å². The van der Waals surface area contributed by atoms with Crippen molar-refractivity contribution in [2.24, 2.45) is 5.73 Å². The molecule has 0 aliphatic heterocycles. The van der Waals surface area contributed by atoms with Crippen LogP contribution in [0.25, 0.3) is 11.1 Å². The van der Waals surface area contributed by atoms with Crippen molar-refractivity contribution in [2.45, 2.75) is 18.4 Å². The molecule has 0 heterocycles. The monoisotopic (exact) mass is 261 g/mol. The normalized spacial score (nSPS) is 21.2. The Morgan fingerprint density at radius 3 is 2.17 bits per heavy atom. The van der Waals surface area contributed by atoms with E-state index < -0.39 is 0 Å². The van der Waals surface area contributed by atoms with Crippen LogP contribution >= 0.6 is 12.4 Å². The van der Waals surface area contributed by atoms with Crippen molar-refractivity contribution in [1.82, 2.24) is 0 Å². The van der Waals surface area contributed by atoms with Gasteiger partial charge < -0.3 is 10.8 Å². The van der Waals surface area contributed by atoms with E-state index in [0.717, 1.165) is 17.5 Å². The summed E-state index contributed by atoms with van der Waals surface area (Å²) in [4.78, 5) is 0. The summed E-state index contributed by atoms with van der Waals surface area (Å²) in [6.45, 7) is 0. The van der Waals surface area contributed by atoms with Crippen LogP contribution in [0.15, 0.2) is 48.5 Å². The van der Waals surface area contributed by atoms with Crippen LogP contribution in [-0.4, -0.2) is 11.1 Å². The third-order valence-electron chi connectivity index (χ3n) is 3.39. The lowest BCUT2D eigenvalue weighted by Gasteiger charge is -2.05. The van der Waals surface area contributed by atoms with Gasteiger partial charge in [0.05, 0.1) is 0 Å². The maximum Gasteiger partial charge on any atom is 0.123 e. The van der Waals surface area contributed by atoms with Crippen molar-refractivity contribution in [3.63, 3.8) is 0 Å². The van der Waals surface area contributed by atoms with E-state index in [1.807, 2.05) is 18.2 Å². The Morgan fingerprint density at radius 2 is 1.61 bits per heavy atom. The van der Waals surface area contributed by atoms with Gasteiger partial charge in [0, 0.05) is 17.5 Å². The maximum atomic E-state index is 9.78. The van der Waals surface area contributed by atoms with Crippen molar-refractivity contribution in [2.75, 3.05) is 0 Å². The average Bonchev–Trinajstić information content (AvgIpc) is 3.07. The van der Waals surface area contributed by atoms with Gasteiger partial charge in [-0.1, -0.05) is 42.5 Å². The van der Waals surface area contributed by atoms with E-state index in [9.17, 15) is 5.11 Å². The Balaban J connectivity index is 0.00000120. The molecule has 3 rings (SSSR count). The summed E-state index contributed by atoms with van der Waals surface area (Å²) in [7, 11) is 0. The minimum absolute atomic E-state index is 0. The molecule has 1 aliphatic carbocycles. The highest BCUT2D eigenvalue weighted by Gasteiger charge is 2.34. The lowest BCUT2D eigenvalue weighted by Crippen LogP contribution is -2.00. The van der Waals surface area contributed by atoms with Crippen LogP contribution in [-0.2, 0) is 0 Å². The molecule has 1 aliphatic rings. The van der Waals surface area contributed by atoms with Gasteiger partial charge in [0.2, 0.25) is 0 Å². The maximum absolute atomic E-state index is 9.78. The van der Waals surface area contributed by atoms with E-state index in [0.29, 0.717) is 17.7 Å². The number of hydrogen-bond acceptors (Lipinski definition) is 2. The molecule has 0 radical (unpaired) electrons. The molecule has 0 saturated heterocycles. The number of rotatable bonds is 2. The zero-order valence-corrected chi connectivity index (χ0v) is 10.7. The number of aromatic hydroxyl groups is 1. The topological polar surface area (TPSA) is 46.2 Å². The Bertz CT molecular complexity index is 538.